The Morgan fingerprint density at radius 2 is 2.12 bits per heavy atom. The molecule has 0 radical (unpaired) electrons. The number of carbonyl (C=O) groups excluding carboxylic acids is 1. The molecule has 1 atom stereocenters. The predicted molar refractivity (Wildman–Crippen MR) is 65.6 cm³/mol. The van der Waals surface area contributed by atoms with E-state index in [1.165, 1.54) is 0 Å². The van der Waals surface area contributed by atoms with Gasteiger partial charge in [-0.1, -0.05) is 0 Å². The van der Waals surface area contributed by atoms with E-state index in [2.05, 4.69) is 11.2 Å². The molecule has 0 saturated heterocycles. The number of hydrogen-bond donors (Lipinski definition) is 2. The molecule has 1 aliphatic carbocycles. The van der Waals surface area contributed by atoms with Gasteiger partial charge in [-0.15, -0.1) is 12.3 Å². The Balaban J connectivity index is 2.31. The molecule has 3 nitrogen and oxygen atoms in total. The number of hydrogen-bond acceptors (Lipinski definition) is 2. The second kappa shape index (κ2) is 6.55. The Kier molecular flexibility index (Phi) is 5.34. The zero-order valence-electron chi connectivity index (χ0n) is 10.0. The average molecular weight is 222 g/mol. The molecule has 1 aliphatic rings. The van der Waals surface area contributed by atoms with Crippen LogP contribution in [-0.2, 0) is 4.79 Å². The molecule has 3 N–H and O–H groups in total. The fourth-order valence-corrected chi connectivity index (χ4v) is 2.25. The maximum atomic E-state index is 11.9. The van der Waals surface area contributed by atoms with E-state index >= 15 is 0 Å². The Morgan fingerprint density at radius 1 is 1.50 bits per heavy atom. The number of carbonyl (C=O) groups is 1. The van der Waals surface area contributed by atoms with Crippen LogP contribution in [0.25, 0.3) is 0 Å². The van der Waals surface area contributed by atoms with Gasteiger partial charge in [-0.05, 0) is 45.1 Å². The molecule has 0 aliphatic heterocycles. The van der Waals surface area contributed by atoms with Crippen molar-refractivity contribution in [1.82, 2.24) is 5.32 Å². The van der Waals surface area contributed by atoms with Gasteiger partial charge in [-0.25, -0.2) is 0 Å². The number of nitrogens with one attached hydrogen (secondary N) is 1. The Hall–Kier alpha value is -1.01. The summed E-state index contributed by atoms with van der Waals surface area (Å²) in [5, 5.41) is 2.97. The summed E-state index contributed by atoms with van der Waals surface area (Å²) >= 11 is 0. The molecule has 16 heavy (non-hydrogen) atoms. The second-order valence-corrected chi connectivity index (χ2v) is 4.77. The molecular formula is C13H22N2O. The van der Waals surface area contributed by atoms with Crippen molar-refractivity contribution >= 4 is 5.91 Å². The lowest BCUT2D eigenvalue weighted by Gasteiger charge is -2.27. The van der Waals surface area contributed by atoms with Gasteiger partial charge in [-0.2, -0.15) is 0 Å². The predicted octanol–water partition coefficient (Wildman–Crippen LogP) is 1.28. The number of rotatable bonds is 4. The lowest BCUT2D eigenvalue weighted by atomic mass is 9.81. The Morgan fingerprint density at radius 3 is 2.62 bits per heavy atom. The molecule has 0 aromatic heterocycles. The minimum atomic E-state index is 0.0877. The largest absolute Gasteiger partial charge is 0.352 e. The summed E-state index contributed by atoms with van der Waals surface area (Å²) in [5.74, 6) is 3.51. The van der Waals surface area contributed by atoms with Crippen LogP contribution in [0.4, 0.5) is 0 Å². The molecular weight excluding hydrogens is 200 g/mol. The van der Waals surface area contributed by atoms with E-state index in [9.17, 15) is 4.79 Å². The Labute approximate surface area is 98.2 Å². The van der Waals surface area contributed by atoms with Crippen LogP contribution in [0.15, 0.2) is 0 Å². The van der Waals surface area contributed by atoms with E-state index < -0.39 is 0 Å². The van der Waals surface area contributed by atoms with Crippen molar-refractivity contribution in [3.63, 3.8) is 0 Å². The second-order valence-electron chi connectivity index (χ2n) is 4.77. The smallest absolute Gasteiger partial charge is 0.223 e. The van der Waals surface area contributed by atoms with Crippen molar-refractivity contribution in [2.24, 2.45) is 17.6 Å². The lowest BCUT2D eigenvalue weighted by molar-refractivity contribution is -0.126. The van der Waals surface area contributed by atoms with Crippen LogP contribution in [0, 0.1) is 24.2 Å². The number of terminal acetylenes is 1. The van der Waals surface area contributed by atoms with E-state index in [1.54, 1.807) is 0 Å². The molecule has 1 unspecified atom stereocenters. The fourth-order valence-electron chi connectivity index (χ4n) is 2.25. The van der Waals surface area contributed by atoms with Crippen molar-refractivity contribution in [2.75, 3.05) is 6.54 Å². The van der Waals surface area contributed by atoms with E-state index in [0.717, 1.165) is 32.2 Å². The third-order valence-electron chi connectivity index (χ3n) is 3.36. The first-order chi connectivity index (χ1) is 7.67. The van der Waals surface area contributed by atoms with Gasteiger partial charge in [0.25, 0.3) is 0 Å². The molecule has 1 fully saturated rings. The molecule has 1 rings (SSSR count). The van der Waals surface area contributed by atoms with Gasteiger partial charge in [0, 0.05) is 18.4 Å². The van der Waals surface area contributed by atoms with Gasteiger partial charge in [0.15, 0.2) is 0 Å². The van der Waals surface area contributed by atoms with Crippen LogP contribution in [0.2, 0.25) is 0 Å². The monoisotopic (exact) mass is 222 g/mol. The first kappa shape index (κ1) is 13.1. The molecule has 0 spiro atoms. The van der Waals surface area contributed by atoms with Gasteiger partial charge in [0.05, 0.1) is 0 Å². The van der Waals surface area contributed by atoms with Gasteiger partial charge in [0.2, 0.25) is 5.91 Å². The van der Waals surface area contributed by atoms with Crippen LogP contribution in [0.5, 0.6) is 0 Å². The lowest BCUT2D eigenvalue weighted by Crippen LogP contribution is -2.39. The molecule has 1 amide bonds. The van der Waals surface area contributed by atoms with Crippen molar-refractivity contribution in [3.05, 3.63) is 0 Å². The summed E-state index contributed by atoms with van der Waals surface area (Å²) in [6, 6.07) is 0.0877. The summed E-state index contributed by atoms with van der Waals surface area (Å²) in [6.07, 6.45) is 9.91. The van der Waals surface area contributed by atoms with Crippen LogP contribution >= 0.6 is 0 Å². The van der Waals surface area contributed by atoms with Gasteiger partial charge in [-0.3, -0.25) is 4.79 Å². The van der Waals surface area contributed by atoms with Crippen LogP contribution < -0.4 is 11.1 Å². The highest BCUT2D eigenvalue weighted by Gasteiger charge is 2.25. The van der Waals surface area contributed by atoms with Gasteiger partial charge < -0.3 is 11.1 Å². The van der Waals surface area contributed by atoms with E-state index in [-0.39, 0.29) is 17.9 Å². The molecule has 0 aromatic rings. The molecule has 0 aromatic carbocycles. The summed E-state index contributed by atoms with van der Waals surface area (Å²) in [6.45, 7) is 2.70. The Bertz CT molecular complexity index is 262. The standard InChI is InChI=1S/C13H22N2O/c1-3-4-10(2)15-13(16)12-7-5-11(9-14)6-8-12/h1,10-12H,4-9,14H2,2H3,(H,15,16). The maximum absolute atomic E-state index is 11.9. The van der Waals surface area contributed by atoms with Gasteiger partial charge in [0.1, 0.15) is 0 Å². The zero-order valence-corrected chi connectivity index (χ0v) is 10.0. The minimum Gasteiger partial charge on any atom is -0.352 e. The highest BCUT2D eigenvalue weighted by Crippen LogP contribution is 2.28. The summed E-state index contributed by atoms with van der Waals surface area (Å²) in [7, 11) is 0. The maximum Gasteiger partial charge on any atom is 0.223 e. The van der Waals surface area contributed by atoms with Crippen molar-refractivity contribution in [3.8, 4) is 12.3 Å². The average Bonchev–Trinajstić information content (AvgIpc) is 2.29. The van der Waals surface area contributed by atoms with Crippen LogP contribution in [0.1, 0.15) is 39.0 Å². The zero-order chi connectivity index (χ0) is 12.0. The first-order valence-corrected chi connectivity index (χ1v) is 6.11. The molecule has 1 saturated carbocycles. The fraction of sp³-hybridized carbons (Fsp3) is 0.769. The first-order valence-electron chi connectivity index (χ1n) is 6.11. The summed E-state index contributed by atoms with van der Waals surface area (Å²) in [4.78, 5) is 11.9. The van der Waals surface area contributed by atoms with Crippen LogP contribution in [-0.4, -0.2) is 18.5 Å². The third-order valence-corrected chi connectivity index (χ3v) is 3.36. The van der Waals surface area contributed by atoms with Crippen LogP contribution in [0.3, 0.4) is 0 Å². The van der Waals surface area contributed by atoms with Crippen molar-refractivity contribution in [2.45, 2.75) is 45.1 Å². The molecule has 3 heteroatoms. The molecule has 0 bridgehead atoms. The third kappa shape index (κ3) is 3.86. The topological polar surface area (TPSA) is 55.1 Å². The normalized spacial score (nSPS) is 26.8. The SMILES string of the molecule is C#CCC(C)NC(=O)C1CCC(CN)CC1. The van der Waals surface area contributed by atoms with Crippen molar-refractivity contribution < 1.29 is 4.79 Å². The van der Waals surface area contributed by atoms with E-state index in [1.807, 2.05) is 6.92 Å². The van der Waals surface area contributed by atoms with E-state index in [0.29, 0.717) is 12.3 Å². The van der Waals surface area contributed by atoms with E-state index in [4.69, 9.17) is 12.2 Å². The minimum absolute atomic E-state index is 0.0877. The molecule has 90 valence electrons. The number of amides is 1. The van der Waals surface area contributed by atoms with Gasteiger partial charge >= 0.3 is 0 Å². The molecule has 0 heterocycles. The summed E-state index contributed by atoms with van der Waals surface area (Å²) in [5.41, 5.74) is 5.62. The summed E-state index contributed by atoms with van der Waals surface area (Å²) < 4.78 is 0. The quantitative estimate of drug-likeness (QED) is 0.704. The highest BCUT2D eigenvalue weighted by atomic mass is 16.1. The number of nitrogens with two attached hydrogens (primary N) is 1. The highest BCUT2D eigenvalue weighted by molar-refractivity contribution is 5.79. The van der Waals surface area contributed by atoms with Crippen molar-refractivity contribution in [1.29, 1.82) is 0 Å².